The van der Waals surface area contributed by atoms with Crippen molar-refractivity contribution in [3.63, 3.8) is 0 Å². The number of amides is 2. The summed E-state index contributed by atoms with van der Waals surface area (Å²) in [5, 5.41) is 12.0. The number of aliphatic hydroxyl groups excluding tert-OH is 1. The van der Waals surface area contributed by atoms with E-state index in [0.29, 0.717) is 32.8 Å². The Morgan fingerprint density at radius 1 is 1.16 bits per heavy atom. The first-order valence-electron chi connectivity index (χ1n) is 11.8. The predicted octanol–water partition coefficient (Wildman–Crippen LogP) is -0.205. The van der Waals surface area contributed by atoms with Gasteiger partial charge in [0, 0.05) is 56.1 Å². The summed E-state index contributed by atoms with van der Waals surface area (Å²) < 4.78 is 49.4. The summed E-state index contributed by atoms with van der Waals surface area (Å²) in [5.74, 6) is -2.00. The van der Waals surface area contributed by atoms with E-state index in [9.17, 15) is 37.5 Å². The summed E-state index contributed by atoms with van der Waals surface area (Å²) in [6, 6.07) is 4.53. The van der Waals surface area contributed by atoms with Gasteiger partial charge in [-0.15, -0.1) is 13.2 Å². The van der Waals surface area contributed by atoms with Gasteiger partial charge >= 0.3 is 12.1 Å². The van der Waals surface area contributed by atoms with Gasteiger partial charge in [-0.25, -0.2) is 4.79 Å². The molecule has 1 aromatic carbocycles. The molecular weight excluding hydrogens is 515 g/mol. The molecule has 38 heavy (non-hydrogen) atoms. The Morgan fingerprint density at radius 2 is 1.89 bits per heavy atom. The molecule has 206 valence electrons. The molecule has 0 saturated carbocycles. The summed E-state index contributed by atoms with van der Waals surface area (Å²) >= 11 is 0. The monoisotopic (exact) mass is 541 g/mol. The van der Waals surface area contributed by atoms with E-state index in [1.54, 1.807) is 0 Å². The molecule has 2 saturated heterocycles. The minimum Gasteiger partial charge on any atom is -0.405 e. The van der Waals surface area contributed by atoms with Gasteiger partial charge in [-0.3, -0.25) is 23.9 Å². The molecule has 4 rings (SSSR count). The van der Waals surface area contributed by atoms with Crippen LogP contribution in [0.25, 0.3) is 0 Å². The van der Waals surface area contributed by atoms with Crippen LogP contribution in [-0.2, 0) is 22.6 Å². The van der Waals surface area contributed by atoms with E-state index in [1.807, 2.05) is 4.90 Å². The molecule has 2 aromatic rings. The lowest BCUT2D eigenvalue weighted by Crippen LogP contribution is -2.43. The highest BCUT2D eigenvalue weighted by atomic mass is 19.4. The van der Waals surface area contributed by atoms with Gasteiger partial charge in [0.2, 0.25) is 5.91 Å². The van der Waals surface area contributed by atoms with Crippen LogP contribution in [0.2, 0.25) is 0 Å². The van der Waals surface area contributed by atoms with E-state index in [4.69, 9.17) is 4.74 Å². The van der Waals surface area contributed by atoms with Crippen LogP contribution in [0.5, 0.6) is 5.75 Å². The molecule has 0 bridgehead atoms. The number of hydrogen-bond acceptors (Lipinski definition) is 8. The Hall–Kier alpha value is -3.69. The number of benzene rings is 1. The highest BCUT2D eigenvalue weighted by Gasteiger charge is 2.34. The number of ether oxygens (including phenoxy) is 2. The fourth-order valence-corrected chi connectivity index (χ4v) is 4.21. The van der Waals surface area contributed by atoms with Crippen molar-refractivity contribution >= 4 is 17.5 Å². The van der Waals surface area contributed by atoms with Crippen LogP contribution in [0.3, 0.4) is 0 Å². The first-order chi connectivity index (χ1) is 18.0. The van der Waals surface area contributed by atoms with Gasteiger partial charge < -0.3 is 29.8 Å². The van der Waals surface area contributed by atoms with Gasteiger partial charge in [0.15, 0.2) is 0 Å². The fraction of sp³-hybridized carbons (Fsp3) is 0.478. The molecule has 2 amide bonds. The molecule has 1 atom stereocenters. The van der Waals surface area contributed by atoms with Gasteiger partial charge in [-0.05, 0) is 6.07 Å². The Kier molecular flexibility index (Phi) is 8.18. The third-order valence-electron chi connectivity index (χ3n) is 6.14. The molecular formula is C23H26F3N5O7. The highest BCUT2D eigenvalue weighted by molar-refractivity contribution is 5.96. The standard InChI is InChI=1S/C23H26F3N5O7/c24-23(25,26)38-18-9-15(31-13-16(32)10-19(31)33)2-1-14(18)12-27-21(35)17-11-20(34)30(22(36)28-17)4-3-29-5-7-37-8-6-29/h1-2,9,11,16,32H,3-8,10,12-13H2,(H,27,35)(H,28,36). The second-order valence-corrected chi connectivity index (χ2v) is 8.82. The lowest BCUT2D eigenvalue weighted by molar-refractivity contribution is -0.274. The zero-order valence-corrected chi connectivity index (χ0v) is 20.1. The SMILES string of the molecule is O=C(NCc1ccc(N2CC(O)CC2=O)cc1OC(F)(F)F)c1cc(=O)n(CCN2CCOCC2)c(=O)[nH]1. The summed E-state index contributed by atoms with van der Waals surface area (Å²) in [6.45, 7) is 2.49. The number of aromatic amines is 1. The van der Waals surface area contributed by atoms with Crippen LogP contribution in [0.1, 0.15) is 22.5 Å². The van der Waals surface area contributed by atoms with Crippen molar-refractivity contribution in [2.45, 2.75) is 32.0 Å². The number of aromatic nitrogens is 2. The van der Waals surface area contributed by atoms with Crippen molar-refractivity contribution in [1.82, 2.24) is 19.8 Å². The molecule has 3 heterocycles. The van der Waals surface area contributed by atoms with Crippen molar-refractivity contribution in [3.8, 4) is 5.75 Å². The van der Waals surface area contributed by atoms with Crippen LogP contribution in [0.15, 0.2) is 33.9 Å². The number of nitrogens with zero attached hydrogens (tertiary/aromatic N) is 3. The lowest BCUT2D eigenvalue weighted by Gasteiger charge is -2.26. The maximum atomic E-state index is 13.0. The number of carbonyl (C=O) groups excluding carboxylic acids is 2. The normalized spacial score (nSPS) is 18.6. The number of aliphatic hydroxyl groups is 1. The molecule has 2 aliphatic rings. The molecule has 3 N–H and O–H groups in total. The summed E-state index contributed by atoms with van der Waals surface area (Å²) in [4.78, 5) is 55.0. The average Bonchev–Trinajstić information content (AvgIpc) is 3.19. The van der Waals surface area contributed by atoms with Crippen molar-refractivity contribution in [2.24, 2.45) is 0 Å². The minimum absolute atomic E-state index is 0.0761. The van der Waals surface area contributed by atoms with E-state index < -0.39 is 47.8 Å². The maximum absolute atomic E-state index is 13.0. The molecule has 0 aliphatic carbocycles. The van der Waals surface area contributed by atoms with E-state index in [-0.39, 0.29) is 36.5 Å². The van der Waals surface area contributed by atoms with E-state index in [1.165, 1.54) is 12.1 Å². The second kappa shape index (κ2) is 11.4. The first-order valence-corrected chi connectivity index (χ1v) is 11.8. The molecule has 0 radical (unpaired) electrons. The van der Waals surface area contributed by atoms with Crippen molar-refractivity contribution in [2.75, 3.05) is 44.3 Å². The zero-order valence-electron chi connectivity index (χ0n) is 20.1. The van der Waals surface area contributed by atoms with Crippen LogP contribution >= 0.6 is 0 Å². The number of anilines is 1. The van der Waals surface area contributed by atoms with E-state index in [0.717, 1.165) is 21.6 Å². The van der Waals surface area contributed by atoms with Gasteiger partial charge in [0.25, 0.3) is 11.5 Å². The van der Waals surface area contributed by atoms with Crippen molar-refractivity contribution in [1.29, 1.82) is 0 Å². The Balaban J connectivity index is 1.46. The maximum Gasteiger partial charge on any atom is 0.573 e. The molecule has 1 unspecified atom stereocenters. The number of rotatable bonds is 8. The zero-order chi connectivity index (χ0) is 27.4. The van der Waals surface area contributed by atoms with Gasteiger partial charge in [0.1, 0.15) is 11.4 Å². The quantitative estimate of drug-likeness (QED) is 0.417. The van der Waals surface area contributed by atoms with Crippen LogP contribution in [0.4, 0.5) is 18.9 Å². The topological polar surface area (TPSA) is 146 Å². The second-order valence-electron chi connectivity index (χ2n) is 8.82. The van der Waals surface area contributed by atoms with Crippen LogP contribution in [-0.4, -0.2) is 83.2 Å². The fourth-order valence-electron chi connectivity index (χ4n) is 4.21. The average molecular weight is 541 g/mol. The summed E-state index contributed by atoms with van der Waals surface area (Å²) in [5.41, 5.74) is -1.83. The Bertz CT molecular complexity index is 1270. The number of halogens is 3. The number of H-pyrrole nitrogens is 1. The summed E-state index contributed by atoms with van der Waals surface area (Å²) in [7, 11) is 0. The smallest absolute Gasteiger partial charge is 0.405 e. The Morgan fingerprint density at radius 3 is 2.53 bits per heavy atom. The number of nitrogens with one attached hydrogen (secondary N) is 2. The number of β-amino-alcohol motifs (C(OH)–C–C–N with tert-alkyl or cyclic N) is 1. The summed E-state index contributed by atoms with van der Waals surface area (Å²) in [6.07, 6.45) is -6.15. The molecule has 12 nitrogen and oxygen atoms in total. The van der Waals surface area contributed by atoms with Crippen LogP contribution < -0.4 is 26.2 Å². The van der Waals surface area contributed by atoms with Gasteiger partial charge in [0.05, 0.1) is 32.3 Å². The molecule has 2 fully saturated rings. The predicted molar refractivity (Wildman–Crippen MR) is 126 cm³/mol. The molecule has 2 aliphatic heterocycles. The van der Waals surface area contributed by atoms with Gasteiger partial charge in [-0.1, -0.05) is 6.07 Å². The van der Waals surface area contributed by atoms with Crippen LogP contribution in [0, 0.1) is 0 Å². The van der Waals surface area contributed by atoms with E-state index >= 15 is 0 Å². The largest absolute Gasteiger partial charge is 0.573 e. The highest BCUT2D eigenvalue weighted by Crippen LogP contribution is 2.32. The minimum atomic E-state index is -5.05. The molecule has 15 heteroatoms. The third kappa shape index (κ3) is 6.79. The van der Waals surface area contributed by atoms with Crippen molar-refractivity contribution < 1.29 is 37.3 Å². The molecule has 1 aromatic heterocycles. The first kappa shape index (κ1) is 27.3. The lowest BCUT2D eigenvalue weighted by atomic mass is 10.1. The third-order valence-corrected chi connectivity index (χ3v) is 6.14. The molecule has 0 spiro atoms. The number of carbonyl (C=O) groups is 2. The van der Waals surface area contributed by atoms with Gasteiger partial charge in [-0.2, -0.15) is 0 Å². The van der Waals surface area contributed by atoms with Crippen molar-refractivity contribution in [3.05, 3.63) is 56.4 Å². The number of morpholine rings is 1. The number of alkyl halides is 3. The Labute approximate surface area is 213 Å². The van der Waals surface area contributed by atoms with E-state index in [2.05, 4.69) is 15.0 Å². The number of hydrogen-bond donors (Lipinski definition) is 3.